The van der Waals surface area contributed by atoms with Gasteiger partial charge in [-0.2, -0.15) is 5.10 Å². The number of ether oxygens (including phenoxy) is 1. The van der Waals surface area contributed by atoms with E-state index in [9.17, 15) is 14.9 Å². The Labute approximate surface area is 153 Å². The number of benzene rings is 2. The highest BCUT2D eigenvalue weighted by atomic mass is 79.9. The molecule has 0 saturated carbocycles. The summed E-state index contributed by atoms with van der Waals surface area (Å²) in [6, 6.07) is 9.68. The van der Waals surface area contributed by atoms with Crippen molar-refractivity contribution in [2.45, 2.75) is 13.8 Å². The van der Waals surface area contributed by atoms with Crippen molar-refractivity contribution in [1.82, 2.24) is 5.43 Å². The highest BCUT2D eigenvalue weighted by molar-refractivity contribution is 9.10. The molecule has 7 nitrogen and oxygen atoms in total. The lowest BCUT2D eigenvalue weighted by Crippen LogP contribution is -2.24. The van der Waals surface area contributed by atoms with Crippen LogP contribution in [0.4, 0.5) is 5.69 Å². The van der Waals surface area contributed by atoms with Gasteiger partial charge in [0.1, 0.15) is 5.75 Å². The van der Waals surface area contributed by atoms with Gasteiger partial charge in [0.25, 0.3) is 11.6 Å². The molecule has 0 radical (unpaired) electrons. The molecule has 2 aromatic rings. The number of hydrazone groups is 1. The summed E-state index contributed by atoms with van der Waals surface area (Å²) in [5, 5.41) is 14.4. The van der Waals surface area contributed by atoms with Crippen LogP contribution in [0.25, 0.3) is 0 Å². The third kappa shape index (κ3) is 5.39. The monoisotopic (exact) mass is 405 g/mol. The number of nitrogens with zero attached hydrogens (tertiary/aromatic N) is 2. The molecule has 0 unspecified atom stereocenters. The molecule has 0 fully saturated rings. The van der Waals surface area contributed by atoms with Gasteiger partial charge in [-0.15, -0.1) is 0 Å². The van der Waals surface area contributed by atoms with Crippen molar-refractivity contribution < 1.29 is 14.5 Å². The number of carbonyl (C=O) groups is 1. The molecular weight excluding hydrogens is 390 g/mol. The molecule has 2 aromatic carbocycles. The molecule has 0 atom stereocenters. The highest BCUT2D eigenvalue weighted by Gasteiger charge is 2.09. The molecule has 0 aliphatic heterocycles. The number of aryl methyl sites for hydroxylation is 2. The van der Waals surface area contributed by atoms with Gasteiger partial charge in [-0.05, 0) is 64.7 Å². The summed E-state index contributed by atoms with van der Waals surface area (Å²) < 4.78 is 6.31. The summed E-state index contributed by atoms with van der Waals surface area (Å²) in [4.78, 5) is 21.9. The predicted molar refractivity (Wildman–Crippen MR) is 97.9 cm³/mol. The van der Waals surface area contributed by atoms with Crippen LogP contribution in [0.3, 0.4) is 0 Å². The molecule has 0 aliphatic carbocycles. The van der Waals surface area contributed by atoms with E-state index in [1.165, 1.54) is 30.5 Å². The summed E-state index contributed by atoms with van der Waals surface area (Å²) in [6.07, 6.45) is 1.40. The zero-order chi connectivity index (χ0) is 18.4. The van der Waals surface area contributed by atoms with Gasteiger partial charge in [-0.25, -0.2) is 5.43 Å². The quantitative estimate of drug-likeness (QED) is 0.451. The first-order valence-electron chi connectivity index (χ1n) is 7.32. The molecule has 0 aliphatic rings. The Kier molecular flexibility index (Phi) is 6.24. The Morgan fingerprint density at radius 1 is 1.32 bits per heavy atom. The number of nitro benzene ring substituents is 1. The Morgan fingerprint density at radius 3 is 2.60 bits per heavy atom. The minimum atomic E-state index is -0.481. The zero-order valence-corrected chi connectivity index (χ0v) is 15.2. The number of non-ortho nitro benzene ring substituents is 1. The topological polar surface area (TPSA) is 93.8 Å². The summed E-state index contributed by atoms with van der Waals surface area (Å²) >= 11 is 3.41. The van der Waals surface area contributed by atoms with Crippen LogP contribution in [-0.2, 0) is 4.79 Å². The molecule has 25 heavy (non-hydrogen) atoms. The van der Waals surface area contributed by atoms with Gasteiger partial charge in [0.15, 0.2) is 6.61 Å². The molecule has 2 rings (SSSR count). The molecule has 0 heterocycles. The summed E-state index contributed by atoms with van der Waals surface area (Å²) in [5.74, 6) is 0.199. The molecule has 8 heteroatoms. The highest BCUT2D eigenvalue weighted by Crippen LogP contribution is 2.30. The molecule has 0 aromatic heterocycles. The SMILES string of the molecule is Cc1cc(C)c(OCC(=O)N/N=C/c2ccc([N+](=O)[O-])cc2)c(Br)c1. The Bertz CT molecular complexity index is 796. The first-order valence-corrected chi connectivity index (χ1v) is 8.12. The average molecular weight is 406 g/mol. The molecule has 0 spiro atoms. The van der Waals surface area contributed by atoms with E-state index in [0.29, 0.717) is 11.3 Å². The Morgan fingerprint density at radius 2 is 2.00 bits per heavy atom. The average Bonchev–Trinajstić information content (AvgIpc) is 2.54. The fraction of sp³-hybridized carbons (Fsp3) is 0.176. The van der Waals surface area contributed by atoms with Gasteiger partial charge in [0, 0.05) is 12.1 Å². The van der Waals surface area contributed by atoms with Crippen LogP contribution >= 0.6 is 15.9 Å². The summed E-state index contributed by atoms with van der Waals surface area (Å²) in [7, 11) is 0. The third-order valence-corrected chi connectivity index (χ3v) is 3.82. The maximum atomic E-state index is 11.8. The van der Waals surface area contributed by atoms with Crippen molar-refractivity contribution in [3.8, 4) is 5.75 Å². The second kappa shape index (κ2) is 8.39. The molecule has 130 valence electrons. The van der Waals surface area contributed by atoms with E-state index in [1.54, 1.807) is 0 Å². The summed E-state index contributed by atoms with van der Waals surface area (Å²) in [6.45, 7) is 3.69. The molecule has 0 bridgehead atoms. The van der Waals surface area contributed by atoms with Gasteiger partial charge in [-0.3, -0.25) is 14.9 Å². The van der Waals surface area contributed by atoms with Crippen LogP contribution in [0.2, 0.25) is 0 Å². The van der Waals surface area contributed by atoms with Gasteiger partial charge in [0.2, 0.25) is 0 Å². The number of hydrogen-bond donors (Lipinski definition) is 1. The third-order valence-electron chi connectivity index (χ3n) is 3.23. The Balaban J connectivity index is 1.87. The van der Waals surface area contributed by atoms with E-state index >= 15 is 0 Å². The predicted octanol–water partition coefficient (Wildman–Crippen LogP) is 3.50. The largest absolute Gasteiger partial charge is 0.482 e. The van der Waals surface area contributed by atoms with Crippen LogP contribution in [0.1, 0.15) is 16.7 Å². The van der Waals surface area contributed by atoms with Gasteiger partial charge >= 0.3 is 0 Å². The minimum absolute atomic E-state index is 0.00590. The first-order chi connectivity index (χ1) is 11.9. The van der Waals surface area contributed by atoms with Gasteiger partial charge in [0.05, 0.1) is 15.6 Å². The Hall–Kier alpha value is -2.74. The smallest absolute Gasteiger partial charge is 0.277 e. The number of halogens is 1. The van der Waals surface area contributed by atoms with Crippen LogP contribution in [-0.4, -0.2) is 23.7 Å². The second-order valence-electron chi connectivity index (χ2n) is 5.32. The zero-order valence-electron chi connectivity index (χ0n) is 13.7. The maximum Gasteiger partial charge on any atom is 0.277 e. The fourth-order valence-electron chi connectivity index (χ4n) is 2.12. The number of hydrogen-bond acceptors (Lipinski definition) is 5. The van der Waals surface area contributed by atoms with E-state index in [4.69, 9.17) is 4.74 Å². The van der Waals surface area contributed by atoms with Crippen molar-refractivity contribution in [3.05, 3.63) is 67.7 Å². The van der Waals surface area contributed by atoms with Crippen molar-refractivity contribution in [2.75, 3.05) is 6.61 Å². The summed E-state index contributed by atoms with van der Waals surface area (Å²) in [5.41, 5.74) is 4.98. The van der Waals surface area contributed by atoms with Crippen molar-refractivity contribution >= 4 is 33.7 Å². The normalized spacial score (nSPS) is 10.7. The van der Waals surface area contributed by atoms with Crippen molar-refractivity contribution in [3.63, 3.8) is 0 Å². The van der Waals surface area contributed by atoms with Crippen LogP contribution < -0.4 is 10.2 Å². The number of carbonyl (C=O) groups excluding carboxylic acids is 1. The fourth-order valence-corrected chi connectivity index (χ4v) is 2.90. The van der Waals surface area contributed by atoms with Crippen LogP contribution in [0.5, 0.6) is 5.75 Å². The second-order valence-corrected chi connectivity index (χ2v) is 6.18. The maximum absolute atomic E-state index is 11.8. The number of rotatable bonds is 6. The van der Waals surface area contributed by atoms with Crippen molar-refractivity contribution in [2.24, 2.45) is 5.10 Å². The number of nitrogens with one attached hydrogen (secondary N) is 1. The first kappa shape index (κ1) is 18.6. The molecular formula is C17H16BrN3O4. The lowest BCUT2D eigenvalue weighted by atomic mass is 10.1. The van der Waals surface area contributed by atoms with Gasteiger partial charge in [-0.1, -0.05) is 6.07 Å². The number of nitro groups is 1. The van der Waals surface area contributed by atoms with Gasteiger partial charge < -0.3 is 4.74 Å². The van der Waals surface area contributed by atoms with Crippen LogP contribution in [0.15, 0.2) is 46.0 Å². The van der Waals surface area contributed by atoms with E-state index < -0.39 is 10.8 Å². The molecule has 1 amide bonds. The minimum Gasteiger partial charge on any atom is -0.482 e. The van der Waals surface area contributed by atoms with E-state index in [1.807, 2.05) is 26.0 Å². The van der Waals surface area contributed by atoms with Crippen molar-refractivity contribution in [1.29, 1.82) is 0 Å². The van der Waals surface area contributed by atoms with E-state index in [-0.39, 0.29) is 12.3 Å². The lowest BCUT2D eigenvalue weighted by molar-refractivity contribution is -0.384. The lowest BCUT2D eigenvalue weighted by Gasteiger charge is -2.11. The standard InChI is InChI=1S/C17H16BrN3O4/c1-11-7-12(2)17(15(18)8-11)25-10-16(22)20-19-9-13-3-5-14(6-4-13)21(23)24/h3-9H,10H2,1-2H3,(H,20,22)/b19-9+. The van der Waals surface area contributed by atoms with E-state index in [2.05, 4.69) is 26.5 Å². The van der Waals surface area contributed by atoms with E-state index in [0.717, 1.165) is 15.6 Å². The van der Waals surface area contributed by atoms with Crippen LogP contribution in [0, 0.1) is 24.0 Å². The molecule has 1 N–H and O–H groups in total. The number of amides is 1. The molecule has 0 saturated heterocycles.